The summed E-state index contributed by atoms with van der Waals surface area (Å²) < 4.78 is 10.7. The highest BCUT2D eigenvalue weighted by Gasteiger charge is 2.15. The molecule has 1 atom stereocenters. The minimum absolute atomic E-state index is 0.117. The number of carbonyl (C=O) groups is 2. The minimum atomic E-state index is -0.534. The molecule has 0 radical (unpaired) electrons. The first-order valence-electron chi connectivity index (χ1n) is 12.2. The fourth-order valence-corrected chi connectivity index (χ4v) is 3.88. The lowest BCUT2D eigenvalue weighted by Gasteiger charge is -2.26. The van der Waals surface area contributed by atoms with Gasteiger partial charge in [0, 0.05) is 33.1 Å². The van der Waals surface area contributed by atoms with E-state index < -0.39 is 6.10 Å². The van der Waals surface area contributed by atoms with Gasteiger partial charge in [-0.1, -0.05) is 38.1 Å². The summed E-state index contributed by atoms with van der Waals surface area (Å²) in [7, 11) is 0. The molecule has 3 rings (SSSR count). The van der Waals surface area contributed by atoms with Crippen LogP contribution in [0.4, 0.5) is 5.69 Å². The lowest BCUT2D eigenvalue weighted by atomic mass is 9.99. The Morgan fingerprint density at radius 1 is 1.09 bits per heavy atom. The monoisotopic (exact) mass is 483 g/mol. The van der Waals surface area contributed by atoms with Crippen LogP contribution >= 0.6 is 0 Å². The third kappa shape index (κ3) is 8.14. The van der Waals surface area contributed by atoms with Crippen LogP contribution in [-0.4, -0.2) is 67.9 Å². The van der Waals surface area contributed by atoms with Crippen molar-refractivity contribution in [2.45, 2.75) is 33.3 Å². The molecule has 190 valence electrons. The van der Waals surface area contributed by atoms with Gasteiger partial charge in [-0.25, -0.2) is 15.2 Å². The van der Waals surface area contributed by atoms with Crippen LogP contribution in [0.5, 0.6) is 0 Å². The summed E-state index contributed by atoms with van der Waals surface area (Å²) in [6, 6.07) is 14.7. The number of esters is 1. The standard InChI is InChI=1S/C27H37N3O5/c1-20(2)26(32)23-8-10-25(11-9-23)30(21(3)31)28-13-12-22-4-6-24(7-5-22)27(33)35-19-16-29-14-17-34-18-15-29/h4-11,20,26,28,32H,12-19H2,1-3H3. The van der Waals surface area contributed by atoms with Crippen molar-refractivity contribution in [1.82, 2.24) is 10.3 Å². The zero-order valence-corrected chi connectivity index (χ0v) is 20.9. The number of anilines is 1. The summed E-state index contributed by atoms with van der Waals surface area (Å²) >= 11 is 0. The Kier molecular flexibility index (Phi) is 10.2. The van der Waals surface area contributed by atoms with Crippen molar-refractivity contribution in [1.29, 1.82) is 0 Å². The van der Waals surface area contributed by atoms with Crippen LogP contribution in [-0.2, 0) is 20.7 Å². The zero-order valence-electron chi connectivity index (χ0n) is 20.9. The van der Waals surface area contributed by atoms with Gasteiger partial charge in [0.05, 0.1) is 30.6 Å². The van der Waals surface area contributed by atoms with E-state index in [-0.39, 0.29) is 17.8 Å². The number of hydrogen-bond donors (Lipinski definition) is 2. The number of benzene rings is 2. The van der Waals surface area contributed by atoms with Gasteiger partial charge in [-0.3, -0.25) is 9.69 Å². The van der Waals surface area contributed by atoms with Crippen LogP contribution in [0.15, 0.2) is 48.5 Å². The Hall–Kier alpha value is -2.78. The van der Waals surface area contributed by atoms with Gasteiger partial charge in [0.15, 0.2) is 0 Å². The van der Waals surface area contributed by atoms with Gasteiger partial charge in [-0.15, -0.1) is 0 Å². The highest BCUT2D eigenvalue weighted by molar-refractivity contribution is 5.90. The van der Waals surface area contributed by atoms with Gasteiger partial charge >= 0.3 is 5.97 Å². The number of rotatable bonds is 11. The van der Waals surface area contributed by atoms with E-state index in [0.29, 0.717) is 37.4 Å². The second-order valence-electron chi connectivity index (χ2n) is 9.08. The number of hydrogen-bond acceptors (Lipinski definition) is 7. The second-order valence-corrected chi connectivity index (χ2v) is 9.08. The predicted molar refractivity (Wildman–Crippen MR) is 135 cm³/mol. The molecule has 0 bridgehead atoms. The number of aliphatic hydroxyl groups excluding tert-OH is 1. The van der Waals surface area contributed by atoms with Gasteiger partial charge in [0.2, 0.25) is 5.91 Å². The van der Waals surface area contributed by atoms with Crippen LogP contribution in [0.3, 0.4) is 0 Å². The van der Waals surface area contributed by atoms with Crippen molar-refractivity contribution in [2.75, 3.05) is 51.0 Å². The molecule has 8 heteroatoms. The molecule has 1 unspecified atom stereocenters. The SMILES string of the molecule is CC(=O)N(NCCc1ccc(C(=O)OCCN2CCOCC2)cc1)c1ccc(C(O)C(C)C)cc1. The average Bonchev–Trinajstić information content (AvgIpc) is 2.87. The molecule has 35 heavy (non-hydrogen) atoms. The van der Waals surface area contributed by atoms with Crippen LogP contribution in [0, 0.1) is 5.92 Å². The topological polar surface area (TPSA) is 91.3 Å². The lowest BCUT2D eigenvalue weighted by molar-refractivity contribution is -0.117. The van der Waals surface area contributed by atoms with E-state index in [9.17, 15) is 14.7 Å². The molecule has 1 saturated heterocycles. The molecule has 0 aliphatic carbocycles. The van der Waals surface area contributed by atoms with Crippen molar-refractivity contribution >= 4 is 17.6 Å². The highest BCUT2D eigenvalue weighted by Crippen LogP contribution is 2.23. The van der Waals surface area contributed by atoms with E-state index in [1.54, 1.807) is 12.1 Å². The molecular formula is C27H37N3O5. The Morgan fingerprint density at radius 2 is 1.74 bits per heavy atom. The molecule has 8 nitrogen and oxygen atoms in total. The Morgan fingerprint density at radius 3 is 2.34 bits per heavy atom. The Labute approximate surface area is 207 Å². The highest BCUT2D eigenvalue weighted by atomic mass is 16.5. The van der Waals surface area contributed by atoms with Crippen molar-refractivity contribution in [3.05, 3.63) is 65.2 Å². The van der Waals surface area contributed by atoms with Gasteiger partial charge in [0.25, 0.3) is 0 Å². The van der Waals surface area contributed by atoms with Gasteiger partial charge in [0.1, 0.15) is 6.61 Å². The molecule has 0 aromatic heterocycles. The number of nitrogens with zero attached hydrogens (tertiary/aromatic N) is 2. The number of hydrazine groups is 1. The normalized spacial score (nSPS) is 15.1. The molecule has 1 heterocycles. The van der Waals surface area contributed by atoms with Gasteiger partial charge < -0.3 is 14.6 Å². The fourth-order valence-electron chi connectivity index (χ4n) is 3.88. The number of nitrogens with one attached hydrogen (secondary N) is 1. The van der Waals surface area contributed by atoms with E-state index in [0.717, 1.165) is 37.4 Å². The molecule has 1 aliphatic rings. The van der Waals surface area contributed by atoms with Gasteiger partial charge in [-0.2, -0.15) is 0 Å². The molecule has 2 aromatic rings. The molecule has 0 saturated carbocycles. The van der Waals surface area contributed by atoms with Crippen LogP contribution in [0.2, 0.25) is 0 Å². The Balaban J connectivity index is 1.46. The third-order valence-electron chi connectivity index (χ3n) is 6.06. The second kappa shape index (κ2) is 13.3. The molecule has 2 N–H and O–H groups in total. The largest absolute Gasteiger partial charge is 0.461 e. The summed E-state index contributed by atoms with van der Waals surface area (Å²) in [5.41, 5.74) is 6.28. The fraction of sp³-hybridized carbons (Fsp3) is 0.481. The van der Waals surface area contributed by atoms with E-state index >= 15 is 0 Å². The zero-order chi connectivity index (χ0) is 25.2. The summed E-state index contributed by atoms with van der Waals surface area (Å²) in [5, 5.41) is 11.7. The van der Waals surface area contributed by atoms with Crippen molar-refractivity contribution < 1.29 is 24.2 Å². The maximum absolute atomic E-state index is 12.3. The maximum atomic E-state index is 12.3. The van der Waals surface area contributed by atoms with E-state index in [4.69, 9.17) is 9.47 Å². The lowest BCUT2D eigenvalue weighted by Crippen LogP contribution is -2.42. The smallest absolute Gasteiger partial charge is 0.338 e. The maximum Gasteiger partial charge on any atom is 0.338 e. The van der Waals surface area contributed by atoms with Crippen molar-refractivity contribution in [2.24, 2.45) is 5.92 Å². The predicted octanol–water partition coefficient (Wildman–Crippen LogP) is 2.97. The molecule has 0 spiro atoms. The third-order valence-corrected chi connectivity index (χ3v) is 6.06. The average molecular weight is 484 g/mol. The van der Waals surface area contributed by atoms with E-state index in [2.05, 4.69) is 10.3 Å². The van der Waals surface area contributed by atoms with Crippen LogP contribution < -0.4 is 10.4 Å². The molecule has 2 aromatic carbocycles. The van der Waals surface area contributed by atoms with E-state index in [1.165, 1.54) is 11.9 Å². The first-order valence-corrected chi connectivity index (χ1v) is 12.2. The summed E-state index contributed by atoms with van der Waals surface area (Å²) in [5.74, 6) is -0.333. The minimum Gasteiger partial charge on any atom is -0.461 e. The van der Waals surface area contributed by atoms with Gasteiger partial charge in [-0.05, 0) is 47.7 Å². The number of ether oxygens (including phenoxy) is 2. The molecular weight excluding hydrogens is 446 g/mol. The van der Waals surface area contributed by atoms with Crippen LogP contribution in [0.25, 0.3) is 0 Å². The molecule has 1 amide bonds. The molecule has 1 aliphatic heterocycles. The molecule has 1 fully saturated rings. The summed E-state index contributed by atoms with van der Waals surface area (Å²) in [6.45, 7) is 10.2. The number of aliphatic hydroxyl groups is 1. The number of morpholine rings is 1. The summed E-state index contributed by atoms with van der Waals surface area (Å²) in [6.07, 6.45) is 0.146. The van der Waals surface area contributed by atoms with Crippen LogP contribution in [0.1, 0.15) is 48.4 Å². The number of amides is 1. The van der Waals surface area contributed by atoms with E-state index in [1.807, 2.05) is 50.2 Å². The quantitative estimate of drug-likeness (QED) is 0.375. The first-order chi connectivity index (χ1) is 16.8. The van der Waals surface area contributed by atoms with Crippen molar-refractivity contribution in [3.63, 3.8) is 0 Å². The van der Waals surface area contributed by atoms with Crippen molar-refractivity contribution in [3.8, 4) is 0 Å². The summed E-state index contributed by atoms with van der Waals surface area (Å²) in [4.78, 5) is 26.7. The Bertz CT molecular complexity index is 940. The number of carbonyl (C=O) groups excluding carboxylic acids is 2. The first kappa shape index (κ1) is 26.8.